The third kappa shape index (κ3) is 4.83. The van der Waals surface area contributed by atoms with Crippen molar-refractivity contribution >= 4 is 27.5 Å². The molecule has 0 saturated carbocycles. The summed E-state index contributed by atoms with van der Waals surface area (Å²) in [5.41, 5.74) is 11.0. The summed E-state index contributed by atoms with van der Waals surface area (Å²) in [4.78, 5) is 0. The SMILES string of the molecule is N#CC1=CCC(c2ccc3c4c(ccc(C5=CC=C(C(F)(F)F)CC5)c24)C2C(c4ccccc4)=c4ccccc4=C(C4=CCCC=C4)C32)C=C1. The highest BCUT2D eigenvalue weighted by molar-refractivity contribution is 6.06. The highest BCUT2D eigenvalue weighted by Gasteiger charge is 2.43. The number of nitrogens with zero attached hydrogens (tertiary/aromatic N) is 1. The van der Waals surface area contributed by atoms with Gasteiger partial charge < -0.3 is 0 Å². The molecule has 4 heteroatoms. The van der Waals surface area contributed by atoms with Gasteiger partial charge in [0.2, 0.25) is 0 Å². The predicted octanol–water partition coefficient (Wildman–Crippen LogP) is 10.5. The van der Waals surface area contributed by atoms with E-state index in [1.54, 1.807) is 6.08 Å². The van der Waals surface area contributed by atoms with Gasteiger partial charge in [-0.3, -0.25) is 0 Å². The van der Waals surface area contributed by atoms with Gasteiger partial charge in [0.15, 0.2) is 0 Å². The highest BCUT2D eigenvalue weighted by atomic mass is 19.4. The predicted molar refractivity (Wildman–Crippen MR) is 195 cm³/mol. The van der Waals surface area contributed by atoms with Crippen molar-refractivity contribution in [1.82, 2.24) is 0 Å². The number of hydrogen-bond donors (Lipinski definition) is 0. The molecule has 0 spiro atoms. The minimum absolute atomic E-state index is 0.0316. The quantitative estimate of drug-likeness (QED) is 0.214. The number of rotatable bonds is 4. The lowest BCUT2D eigenvalue weighted by molar-refractivity contribution is -0.0939. The molecule has 5 aliphatic rings. The second-order valence-electron chi connectivity index (χ2n) is 13.9. The molecule has 9 rings (SSSR count). The number of alkyl halides is 3. The Hall–Kier alpha value is -5.40. The Bertz CT molecular complexity index is 2460. The molecule has 244 valence electrons. The average Bonchev–Trinajstić information content (AvgIpc) is 3.49. The average molecular weight is 658 g/mol. The van der Waals surface area contributed by atoms with Crippen molar-refractivity contribution in [1.29, 1.82) is 5.26 Å². The second kappa shape index (κ2) is 11.9. The van der Waals surface area contributed by atoms with Crippen molar-refractivity contribution in [2.24, 2.45) is 0 Å². The normalized spacial score (nSPS) is 22.3. The van der Waals surface area contributed by atoms with Crippen molar-refractivity contribution in [2.75, 3.05) is 0 Å². The van der Waals surface area contributed by atoms with Crippen LogP contribution in [0.15, 0.2) is 144 Å². The molecule has 4 aromatic rings. The Morgan fingerprint density at radius 3 is 2.06 bits per heavy atom. The Morgan fingerprint density at radius 1 is 0.680 bits per heavy atom. The van der Waals surface area contributed by atoms with Gasteiger partial charge in [-0.25, -0.2) is 0 Å². The fraction of sp³-hybridized carbons (Fsp3) is 0.196. The van der Waals surface area contributed by atoms with Crippen LogP contribution in [0.1, 0.15) is 77.7 Å². The summed E-state index contributed by atoms with van der Waals surface area (Å²) in [6.45, 7) is 0. The van der Waals surface area contributed by atoms with E-state index in [-0.39, 0.29) is 24.2 Å². The van der Waals surface area contributed by atoms with Crippen LogP contribution in [0.4, 0.5) is 13.2 Å². The monoisotopic (exact) mass is 657 g/mol. The summed E-state index contributed by atoms with van der Waals surface area (Å²) in [5.74, 6) is 0.176. The molecule has 0 aromatic heterocycles. The van der Waals surface area contributed by atoms with E-state index >= 15 is 0 Å². The Balaban J connectivity index is 1.36. The van der Waals surface area contributed by atoms with Crippen molar-refractivity contribution in [2.45, 2.75) is 56.0 Å². The molecular formula is C46H34F3N. The number of fused-ring (bicyclic) bond motifs is 4. The first kappa shape index (κ1) is 30.6. The maximum absolute atomic E-state index is 13.7. The van der Waals surface area contributed by atoms with Crippen LogP contribution in [0.3, 0.4) is 0 Å². The molecule has 0 radical (unpaired) electrons. The number of benzene rings is 4. The van der Waals surface area contributed by atoms with Crippen LogP contribution in [-0.2, 0) is 0 Å². The Kier molecular flexibility index (Phi) is 7.28. The summed E-state index contributed by atoms with van der Waals surface area (Å²) in [6.07, 6.45) is 14.7. The zero-order valence-electron chi connectivity index (χ0n) is 27.5. The zero-order valence-corrected chi connectivity index (χ0v) is 27.5. The first-order chi connectivity index (χ1) is 24.4. The van der Waals surface area contributed by atoms with Gasteiger partial charge in [-0.2, -0.15) is 18.4 Å². The molecule has 0 aliphatic heterocycles. The molecule has 50 heavy (non-hydrogen) atoms. The summed E-state index contributed by atoms with van der Waals surface area (Å²) in [6, 6.07) is 30.9. The van der Waals surface area contributed by atoms with E-state index < -0.39 is 11.7 Å². The zero-order chi connectivity index (χ0) is 34.0. The van der Waals surface area contributed by atoms with Crippen molar-refractivity contribution in [3.8, 4) is 6.07 Å². The molecule has 3 unspecified atom stereocenters. The van der Waals surface area contributed by atoms with Gasteiger partial charge >= 0.3 is 6.18 Å². The molecule has 0 heterocycles. The fourth-order valence-electron chi connectivity index (χ4n) is 9.09. The van der Waals surface area contributed by atoms with E-state index in [0.29, 0.717) is 18.4 Å². The highest BCUT2D eigenvalue weighted by Crippen LogP contribution is 2.59. The molecule has 0 N–H and O–H groups in total. The number of hydrogen-bond acceptors (Lipinski definition) is 1. The van der Waals surface area contributed by atoms with E-state index in [1.807, 2.05) is 12.2 Å². The van der Waals surface area contributed by atoms with Crippen LogP contribution < -0.4 is 10.4 Å². The van der Waals surface area contributed by atoms with Crippen LogP contribution in [0.5, 0.6) is 0 Å². The van der Waals surface area contributed by atoms with Crippen LogP contribution in [0, 0.1) is 11.3 Å². The maximum Gasteiger partial charge on any atom is 0.412 e. The summed E-state index contributed by atoms with van der Waals surface area (Å²) in [5, 5.41) is 14.4. The number of allylic oxidation sites excluding steroid dienone is 12. The molecule has 3 atom stereocenters. The smallest absolute Gasteiger partial charge is 0.192 e. The van der Waals surface area contributed by atoms with E-state index in [9.17, 15) is 18.4 Å². The van der Waals surface area contributed by atoms with E-state index in [4.69, 9.17) is 0 Å². The summed E-state index contributed by atoms with van der Waals surface area (Å²) >= 11 is 0. The molecule has 5 aliphatic carbocycles. The maximum atomic E-state index is 13.7. The van der Waals surface area contributed by atoms with Gasteiger partial charge in [0.1, 0.15) is 0 Å². The molecule has 1 nitrogen and oxygen atoms in total. The lowest BCUT2D eigenvalue weighted by atomic mass is 9.70. The molecule has 0 amide bonds. The third-order valence-electron chi connectivity index (χ3n) is 11.3. The standard InChI is InChI=1S/C46H34F3N/c47-46(48,49)33-21-19-30(20-22-33)35-24-26-39-43-38(25-23-34(42(35)43)29-17-15-28(27-50)16-18-29)44-40(31-9-3-1-4-10-31)36-13-7-8-14-37(36)41(45(39)44)32-11-5-2-6-12-32/h2-3,5-17,19,21,23-26,29,44-45H,1,4,18,20,22H2. The minimum Gasteiger partial charge on any atom is -0.192 e. The van der Waals surface area contributed by atoms with Crippen LogP contribution >= 0.6 is 0 Å². The van der Waals surface area contributed by atoms with Crippen LogP contribution in [-0.4, -0.2) is 6.18 Å². The largest absolute Gasteiger partial charge is 0.412 e. The van der Waals surface area contributed by atoms with E-state index in [2.05, 4.69) is 109 Å². The van der Waals surface area contributed by atoms with Crippen molar-refractivity contribution in [3.63, 3.8) is 0 Å². The number of nitriles is 1. The Labute approximate surface area is 289 Å². The molecule has 0 fully saturated rings. The van der Waals surface area contributed by atoms with Gasteiger partial charge in [-0.05, 0) is 109 Å². The van der Waals surface area contributed by atoms with Gasteiger partial charge in [-0.1, -0.05) is 121 Å². The fourth-order valence-corrected chi connectivity index (χ4v) is 9.09. The Morgan fingerprint density at radius 2 is 1.40 bits per heavy atom. The van der Waals surface area contributed by atoms with Gasteiger partial charge in [0.05, 0.1) is 6.07 Å². The molecule has 0 saturated heterocycles. The van der Waals surface area contributed by atoms with Gasteiger partial charge in [0.25, 0.3) is 0 Å². The number of halogens is 3. The van der Waals surface area contributed by atoms with Crippen LogP contribution in [0.2, 0.25) is 0 Å². The molecule has 4 aromatic carbocycles. The summed E-state index contributed by atoms with van der Waals surface area (Å²) in [7, 11) is 0. The summed E-state index contributed by atoms with van der Waals surface area (Å²) < 4.78 is 41.1. The first-order valence-corrected chi connectivity index (χ1v) is 17.5. The first-order valence-electron chi connectivity index (χ1n) is 17.5. The van der Waals surface area contributed by atoms with Crippen molar-refractivity contribution in [3.05, 3.63) is 182 Å². The van der Waals surface area contributed by atoms with Gasteiger partial charge in [0, 0.05) is 28.9 Å². The third-order valence-corrected chi connectivity index (χ3v) is 11.3. The van der Waals surface area contributed by atoms with E-state index in [0.717, 1.165) is 34.9 Å². The lowest BCUT2D eigenvalue weighted by Gasteiger charge is -2.32. The topological polar surface area (TPSA) is 23.8 Å². The van der Waals surface area contributed by atoms with Crippen LogP contribution in [0.25, 0.3) is 27.5 Å². The molecular weight excluding hydrogens is 624 g/mol. The van der Waals surface area contributed by atoms with Crippen molar-refractivity contribution < 1.29 is 13.2 Å². The minimum atomic E-state index is -4.32. The second-order valence-corrected chi connectivity index (χ2v) is 13.9. The lowest BCUT2D eigenvalue weighted by Crippen LogP contribution is -2.38. The van der Waals surface area contributed by atoms with E-state index in [1.165, 1.54) is 55.3 Å². The van der Waals surface area contributed by atoms with Gasteiger partial charge in [-0.15, -0.1) is 0 Å². The molecule has 0 bridgehead atoms.